The molecule has 2 aliphatic rings. The summed E-state index contributed by atoms with van der Waals surface area (Å²) in [4.78, 5) is 78.2. The number of carbonyl (C=O) groups is 2. The van der Waals surface area contributed by atoms with Crippen molar-refractivity contribution in [3.05, 3.63) is 89.5 Å². The van der Waals surface area contributed by atoms with Crippen LogP contribution in [-0.2, 0) is 42.1 Å². The Morgan fingerprint density at radius 1 is 0.804 bits per heavy atom. The lowest BCUT2D eigenvalue weighted by atomic mass is 10.2. The average molecular weight is 753 g/mol. The second-order valence-electron chi connectivity index (χ2n) is 11.8. The molecule has 2 N–H and O–H groups in total. The van der Waals surface area contributed by atoms with Gasteiger partial charge in [-0.05, 0) is 44.4 Å². The lowest BCUT2D eigenvalue weighted by molar-refractivity contribution is -0.150. The van der Waals surface area contributed by atoms with Gasteiger partial charge in [-0.3, -0.25) is 47.3 Å². The van der Waals surface area contributed by atoms with E-state index in [1.807, 2.05) is 6.26 Å². The first-order valence-corrected chi connectivity index (χ1v) is 18.4. The largest absolute Gasteiger partial charge is 0.530 e. The molecule has 51 heavy (non-hydrogen) atoms. The number of hydrogen-bond acceptors (Lipinski definition) is 15. The second-order valence-corrected chi connectivity index (χ2v) is 14.3. The Morgan fingerprint density at radius 2 is 1.24 bits per heavy atom. The van der Waals surface area contributed by atoms with Gasteiger partial charge in [0.15, 0.2) is 0 Å². The summed E-state index contributed by atoms with van der Waals surface area (Å²) >= 11 is 1.47. The number of nitrogens with zero attached hydrogens (tertiary/aromatic N) is 2. The average Bonchev–Trinajstić information content (AvgIpc) is 3.65. The molecule has 2 aromatic heterocycles. The fourth-order valence-corrected chi connectivity index (χ4v) is 7.13. The molecule has 20 heteroatoms. The Bertz CT molecular complexity index is 1930. The van der Waals surface area contributed by atoms with Crippen molar-refractivity contribution in [1.82, 2.24) is 19.1 Å². The number of phosphoric ester groups is 1. The summed E-state index contributed by atoms with van der Waals surface area (Å²) in [6.07, 6.45) is -1.57. The maximum Gasteiger partial charge on any atom is 0.530 e. The zero-order chi connectivity index (χ0) is 37.0. The van der Waals surface area contributed by atoms with E-state index in [9.17, 15) is 33.3 Å². The van der Waals surface area contributed by atoms with Crippen molar-refractivity contribution in [1.29, 1.82) is 0 Å². The van der Waals surface area contributed by atoms with Crippen LogP contribution in [-0.4, -0.2) is 74.9 Å². The van der Waals surface area contributed by atoms with Gasteiger partial charge < -0.3 is 23.5 Å². The Kier molecular flexibility index (Phi) is 11.9. The third-order valence-electron chi connectivity index (χ3n) is 7.98. The molecule has 276 valence electrons. The molecule has 18 nitrogen and oxygen atoms in total. The molecule has 6 atom stereocenters. The molecule has 0 bridgehead atoms. The molecule has 0 unspecified atom stereocenters. The Morgan fingerprint density at radius 3 is 1.63 bits per heavy atom. The van der Waals surface area contributed by atoms with Gasteiger partial charge in [0.25, 0.3) is 11.1 Å². The fraction of sp³-hybridized carbons (Fsp3) is 0.484. The summed E-state index contributed by atoms with van der Waals surface area (Å²) in [5.74, 6) is -1.18. The fourth-order valence-electron chi connectivity index (χ4n) is 5.50. The molecule has 5 rings (SSSR count). The van der Waals surface area contributed by atoms with Crippen molar-refractivity contribution in [2.45, 2.75) is 82.3 Å². The number of benzene rings is 1. The van der Waals surface area contributed by atoms with Crippen LogP contribution in [0.25, 0.3) is 0 Å². The van der Waals surface area contributed by atoms with E-state index in [-0.39, 0.29) is 29.7 Å². The summed E-state index contributed by atoms with van der Waals surface area (Å²) in [5, 5.41) is 0. The van der Waals surface area contributed by atoms with Crippen molar-refractivity contribution in [2.24, 2.45) is 0 Å². The van der Waals surface area contributed by atoms with Gasteiger partial charge in [-0.2, -0.15) is 0 Å². The van der Waals surface area contributed by atoms with Gasteiger partial charge in [0.2, 0.25) is 0 Å². The highest BCUT2D eigenvalue weighted by Gasteiger charge is 2.44. The summed E-state index contributed by atoms with van der Waals surface area (Å²) in [7, 11) is -4.60. The molecular weight excluding hydrogens is 715 g/mol. The number of nitrogens with one attached hydrogen (secondary N) is 2. The monoisotopic (exact) mass is 752 g/mol. The van der Waals surface area contributed by atoms with Crippen molar-refractivity contribution in [3.8, 4) is 5.75 Å². The molecule has 2 saturated heterocycles. The van der Waals surface area contributed by atoms with Crippen LogP contribution in [0.15, 0.2) is 60.7 Å². The number of H-pyrrole nitrogens is 2. The number of phosphoric acid groups is 1. The van der Waals surface area contributed by atoms with Crippen molar-refractivity contribution < 1.29 is 46.7 Å². The first-order valence-electron chi connectivity index (χ1n) is 15.7. The van der Waals surface area contributed by atoms with E-state index in [1.165, 1.54) is 51.9 Å². The summed E-state index contributed by atoms with van der Waals surface area (Å²) < 4.78 is 56.7. The number of hydrogen-bond donors (Lipinski definition) is 2. The van der Waals surface area contributed by atoms with Crippen LogP contribution in [0.4, 0.5) is 0 Å². The van der Waals surface area contributed by atoms with Gasteiger partial charge >= 0.3 is 31.1 Å². The molecule has 0 spiro atoms. The SMILES string of the molecule is CSc1ccc(OP(=O)(OC[C@H]2O[C@@H](n3cc(C)c(=O)[nH]c3=O)C[C@@H]2OC(C)=O)OC[C@H]2O[C@@H](n3cc(C)c(=O)[nH]c3=O)C[C@@H]2OC(C)=O)cc1. The van der Waals surface area contributed by atoms with Gasteiger partial charge in [-0.1, -0.05) is 0 Å². The topological polar surface area (TPSA) is 226 Å². The molecule has 2 aliphatic heterocycles. The van der Waals surface area contributed by atoms with Crippen molar-refractivity contribution in [2.75, 3.05) is 19.5 Å². The summed E-state index contributed by atoms with van der Waals surface area (Å²) in [5.41, 5.74) is -2.15. The van der Waals surface area contributed by atoms with Crippen LogP contribution in [0.1, 0.15) is 50.3 Å². The molecule has 0 amide bonds. The molecule has 0 radical (unpaired) electrons. The minimum Gasteiger partial charge on any atom is -0.460 e. The van der Waals surface area contributed by atoms with Crippen molar-refractivity contribution in [3.63, 3.8) is 0 Å². The first-order chi connectivity index (χ1) is 24.1. The highest BCUT2D eigenvalue weighted by atomic mass is 32.2. The zero-order valence-electron chi connectivity index (χ0n) is 28.2. The van der Waals surface area contributed by atoms with Gasteiger partial charge in [-0.25, -0.2) is 14.2 Å². The van der Waals surface area contributed by atoms with Crippen LogP contribution >= 0.6 is 19.6 Å². The van der Waals surface area contributed by atoms with Crippen LogP contribution in [0.5, 0.6) is 5.75 Å². The maximum atomic E-state index is 14.3. The van der Waals surface area contributed by atoms with E-state index in [4.69, 9.17) is 32.5 Å². The smallest absolute Gasteiger partial charge is 0.460 e. The zero-order valence-corrected chi connectivity index (χ0v) is 29.9. The summed E-state index contributed by atoms with van der Waals surface area (Å²) in [6, 6.07) is 6.55. The maximum absolute atomic E-state index is 14.3. The normalized spacial score (nSPS) is 23.2. The number of carbonyl (C=O) groups excluding carboxylic acids is 2. The second kappa shape index (κ2) is 16.0. The molecule has 0 aliphatic carbocycles. The van der Waals surface area contributed by atoms with E-state index < -0.39 is 92.3 Å². The Balaban J connectivity index is 1.38. The molecule has 3 aromatic rings. The lowest BCUT2D eigenvalue weighted by Gasteiger charge is -2.24. The van der Waals surface area contributed by atoms with Crippen LogP contribution < -0.4 is 27.0 Å². The van der Waals surface area contributed by atoms with E-state index in [1.54, 1.807) is 24.3 Å². The number of esters is 2. The van der Waals surface area contributed by atoms with E-state index >= 15 is 0 Å². The molecule has 2 fully saturated rings. The van der Waals surface area contributed by atoms with Crippen LogP contribution in [0, 0.1) is 13.8 Å². The van der Waals surface area contributed by atoms with E-state index in [0.717, 1.165) is 14.0 Å². The predicted molar refractivity (Wildman–Crippen MR) is 179 cm³/mol. The highest BCUT2D eigenvalue weighted by molar-refractivity contribution is 7.98. The number of rotatable bonds is 13. The van der Waals surface area contributed by atoms with Crippen LogP contribution in [0.3, 0.4) is 0 Å². The minimum absolute atomic E-state index is 0.00782. The van der Waals surface area contributed by atoms with Crippen LogP contribution in [0.2, 0.25) is 0 Å². The minimum atomic E-state index is -4.60. The number of thioether (sulfide) groups is 1. The number of aromatic nitrogens is 4. The molecule has 1 aromatic carbocycles. The first kappa shape index (κ1) is 38.0. The molecule has 4 heterocycles. The standard InChI is InChI=1S/C31H37N4O14PS/c1-16-12-34(30(40)32-28(16)38)26-10-22(45-18(3)36)24(47-26)14-43-50(42,49-20-6-8-21(51-5)9-7-20)44-15-25-23(46-19(4)37)11-27(48-25)35-13-17(2)29(39)33-31(35)41/h6-9,12-13,22-27H,10-11,14-15H2,1-5H3,(H,32,38,40)(H,33,39,41)/t22-,23-,24+,25+,26+,27+/m0/s1. The Hall–Kier alpha value is -4.26. The number of ether oxygens (including phenoxy) is 4. The van der Waals surface area contributed by atoms with Crippen molar-refractivity contribution >= 4 is 31.5 Å². The van der Waals surface area contributed by atoms with Gasteiger partial charge in [0.1, 0.15) is 42.6 Å². The number of aryl methyl sites for hydroxylation is 2. The summed E-state index contributed by atoms with van der Waals surface area (Å²) in [6.45, 7) is 4.36. The molecular formula is C31H37N4O14PS. The third-order valence-corrected chi connectivity index (χ3v) is 10.1. The quantitative estimate of drug-likeness (QED) is 0.145. The van der Waals surface area contributed by atoms with Gasteiger partial charge in [0, 0.05) is 55.1 Å². The number of aromatic amines is 2. The lowest BCUT2D eigenvalue weighted by Crippen LogP contribution is -2.34. The van der Waals surface area contributed by atoms with Gasteiger partial charge in [0.05, 0.1) is 13.2 Å². The predicted octanol–water partition coefficient (Wildman–Crippen LogP) is 2.08. The highest BCUT2D eigenvalue weighted by Crippen LogP contribution is 2.51. The third kappa shape index (κ3) is 9.35. The van der Waals surface area contributed by atoms with E-state index in [2.05, 4.69) is 9.97 Å². The molecule has 0 saturated carbocycles. The van der Waals surface area contributed by atoms with E-state index in [0.29, 0.717) is 0 Å². The Labute approximate surface area is 293 Å². The van der Waals surface area contributed by atoms with Gasteiger partial charge in [-0.15, -0.1) is 11.8 Å².